The zero-order chi connectivity index (χ0) is 19.0. The van der Waals surface area contributed by atoms with E-state index in [0.29, 0.717) is 0 Å². The maximum absolute atomic E-state index is 6.62. The van der Waals surface area contributed by atoms with Crippen molar-refractivity contribution in [3.63, 3.8) is 0 Å². The van der Waals surface area contributed by atoms with Crippen molar-refractivity contribution >= 4 is 25.0 Å². The van der Waals surface area contributed by atoms with Crippen LogP contribution >= 0.6 is 0 Å². The molecule has 0 amide bonds. The van der Waals surface area contributed by atoms with Gasteiger partial charge in [0.2, 0.25) is 8.32 Å². The van der Waals surface area contributed by atoms with E-state index < -0.39 is 25.0 Å². The van der Waals surface area contributed by atoms with Crippen molar-refractivity contribution in [2.45, 2.75) is 84.5 Å². The summed E-state index contributed by atoms with van der Waals surface area (Å²) in [5, 5.41) is 0. The summed E-state index contributed by atoms with van der Waals surface area (Å²) in [7, 11) is -5.12. The molecule has 0 spiro atoms. The Morgan fingerprint density at radius 3 is 1.83 bits per heavy atom. The topological polar surface area (TPSA) is 27.7 Å². The van der Waals surface area contributed by atoms with Crippen LogP contribution in [0.15, 0.2) is 24.5 Å². The first-order chi connectivity index (χ1) is 10.6. The first-order valence-electron chi connectivity index (χ1n) is 8.96. The van der Waals surface area contributed by atoms with Gasteiger partial charge in [-0.3, -0.25) is 0 Å². The van der Waals surface area contributed by atoms with Gasteiger partial charge in [0.05, 0.1) is 6.10 Å². The molecular formula is C18H38O3Si3. The normalized spacial score (nSPS) is 29.2. The van der Waals surface area contributed by atoms with Gasteiger partial charge in [-0.1, -0.05) is 13.0 Å². The van der Waals surface area contributed by atoms with Gasteiger partial charge in [0.25, 0.3) is 0 Å². The molecule has 0 saturated carbocycles. The third kappa shape index (κ3) is 6.29. The summed E-state index contributed by atoms with van der Waals surface area (Å²) >= 11 is 0. The molecule has 1 aliphatic rings. The lowest BCUT2D eigenvalue weighted by molar-refractivity contribution is -0.0170. The monoisotopic (exact) mass is 386 g/mol. The number of hydrogen-bond acceptors (Lipinski definition) is 3. The zero-order valence-electron chi connectivity index (χ0n) is 17.4. The second-order valence-corrected chi connectivity index (χ2v) is 23.3. The molecule has 1 rings (SSSR count). The van der Waals surface area contributed by atoms with Gasteiger partial charge in [0, 0.05) is 5.41 Å². The maximum atomic E-state index is 6.62. The van der Waals surface area contributed by atoms with E-state index in [1.807, 2.05) is 6.08 Å². The van der Waals surface area contributed by atoms with Gasteiger partial charge >= 0.3 is 0 Å². The largest absolute Gasteiger partial charge is 0.546 e. The van der Waals surface area contributed by atoms with Crippen LogP contribution in [0.4, 0.5) is 0 Å². The summed E-state index contributed by atoms with van der Waals surface area (Å²) in [6, 6.07) is 0. The Hall–Kier alpha value is -0.149. The number of rotatable bonds is 7. The van der Waals surface area contributed by atoms with Gasteiger partial charge in [0.15, 0.2) is 16.6 Å². The minimum Gasteiger partial charge on any atom is -0.546 e. The first-order valence-corrected chi connectivity index (χ1v) is 19.2. The van der Waals surface area contributed by atoms with E-state index >= 15 is 0 Å². The lowest BCUT2D eigenvalue weighted by Gasteiger charge is -2.49. The summed E-state index contributed by atoms with van der Waals surface area (Å²) < 4.78 is 19.6. The lowest BCUT2D eigenvalue weighted by Crippen LogP contribution is -2.54. The van der Waals surface area contributed by atoms with Crippen molar-refractivity contribution in [2.24, 2.45) is 5.41 Å². The fourth-order valence-corrected chi connectivity index (χ4v) is 6.07. The first kappa shape index (κ1) is 21.9. The second kappa shape index (κ2) is 7.23. The smallest absolute Gasteiger partial charge is 0.241 e. The summed E-state index contributed by atoms with van der Waals surface area (Å²) in [6.07, 6.45) is 5.08. The molecule has 1 unspecified atom stereocenters. The Morgan fingerprint density at radius 2 is 1.46 bits per heavy atom. The maximum Gasteiger partial charge on any atom is 0.241 e. The molecule has 6 heteroatoms. The van der Waals surface area contributed by atoms with Gasteiger partial charge in [-0.15, -0.1) is 6.58 Å². The zero-order valence-corrected chi connectivity index (χ0v) is 20.4. The Balaban J connectivity index is 3.29. The average molecular weight is 387 g/mol. The molecule has 0 aromatic heterocycles. The highest BCUT2D eigenvalue weighted by Gasteiger charge is 2.49. The Kier molecular flexibility index (Phi) is 6.59. The van der Waals surface area contributed by atoms with Crippen molar-refractivity contribution in [3.05, 3.63) is 24.5 Å². The highest BCUT2D eigenvalue weighted by Crippen LogP contribution is 2.44. The molecule has 0 radical (unpaired) electrons. The number of hydrogen-bond donors (Lipinski definition) is 0. The van der Waals surface area contributed by atoms with Crippen LogP contribution in [0.5, 0.6) is 0 Å². The van der Waals surface area contributed by atoms with Crippen LogP contribution in [0, 0.1) is 5.41 Å². The van der Waals surface area contributed by atoms with Gasteiger partial charge in [-0.2, -0.15) is 0 Å². The van der Waals surface area contributed by atoms with Crippen LogP contribution in [0.25, 0.3) is 0 Å². The summed E-state index contributed by atoms with van der Waals surface area (Å²) in [4.78, 5) is 0. The van der Waals surface area contributed by atoms with Crippen molar-refractivity contribution < 1.29 is 13.3 Å². The van der Waals surface area contributed by atoms with Crippen molar-refractivity contribution in [1.29, 1.82) is 0 Å². The van der Waals surface area contributed by atoms with Gasteiger partial charge in [-0.05, 0) is 71.4 Å². The fraction of sp³-hybridized carbons (Fsp3) is 0.778. The predicted molar refractivity (Wildman–Crippen MR) is 112 cm³/mol. The summed E-state index contributed by atoms with van der Waals surface area (Å²) in [5.41, 5.74) is -0.274. The molecule has 0 aliphatic heterocycles. The summed E-state index contributed by atoms with van der Waals surface area (Å²) in [6.45, 7) is 26.4. The van der Waals surface area contributed by atoms with Crippen LogP contribution in [-0.2, 0) is 13.3 Å². The molecule has 3 nitrogen and oxygen atoms in total. The fourth-order valence-electron chi connectivity index (χ4n) is 2.89. The van der Waals surface area contributed by atoms with E-state index in [9.17, 15) is 0 Å². The van der Waals surface area contributed by atoms with Crippen LogP contribution in [0.3, 0.4) is 0 Å². The van der Waals surface area contributed by atoms with E-state index in [-0.39, 0.29) is 17.6 Å². The molecule has 0 saturated heterocycles. The standard InChI is InChI=1S/C18H38O3Si3/c1-12-18(2)16(20-23(6,7)8)14-13-15(19-22(3,4)5)17(18)21-24(9,10)11/h12-13,16-17H,1,14H2,2-11H3/t16-,17?,18+/m1/s1. The average Bonchev–Trinajstić information content (AvgIpc) is 2.33. The van der Waals surface area contributed by atoms with Crippen LogP contribution < -0.4 is 0 Å². The Bertz CT molecular complexity index is 483. The molecule has 3 atom stereocenters. The molecule has 0 N–H and O–H groups in total. The molecule has 0 heterocycles. The summed E-state index contributed by atoms with van der Waals surface area (Å²) in [5.74, 6) is 0.995. The second-order valence-electron chi connectivity index (χ2n) is 9.96. The molecule has 0 aromatic carbocycles. The quantitative estimate of drug-likeness (QED) is 0.411. The Morgan fingerprint density at radius 1 is 0.958 bits per heavy atom. The van der Waals surface area contributed by atoms with Gasteiger partial charge < -0.3 is 13.3 Å². The molecule has 140 valence electrons. The molecule has 24 heavy (non-hydrogen) atoms. The van der Waals surface area contributed by atoms with E-state index in [2.05, 4.69) is 78.5 Å². The van der Waals surface area contributed by atoms with Crippen LogP contribution in [0.2, 0.25) is 58.9 Å². The lowest BCUT2D eigenvalue weighted by atomic mass is 9.73. The predicted octanol–water partition coefficient (Wildman–Crippen LogP) is 5.76. The van der Waals surface area contributed by atoms with Gasteiger partial charge in [0.1, 0.15) is 11.9 Å². The van der Waals surface area contributed by atoms with Crippen LogP contribution in [-0.4, -0.2) is 37.2 Å². The van der Waals surface area contributed by atoms with Crippen LogP contribution in [0.1, 0.15) is 13.3 Å². The van der Waals surface area contributed by atoms with Crippen molar-refractivity contribution in [3.8, 4) is 0 Å². The highest BCUT2D eigenvalue weighted by molar-refractivity contribution is 6.70. The minimum atomic E-state index is -1.75. The molecule has 0 fully saturated rings. The molecule has 0 bridgehead atoms. The van der Waals surface area contributed by atoms with E-state index in [4.69, 9.17) is 13.3 Å². The van der Waals surface area contributed by atoms with Gasteiger partial charge in [-0.25, -0.2) is 0 Å². The third-order valence-electron chi connectivity index (χ3n) is 3.88. The van der Waals surface area contributed by atoms with Crippen molar-refractivity contribution in [1.82, 2.24) is 0 Å². The SMILES string of the molecule is C=C[C@]1(C)C(O[Si](C)(C)C)C(O[Si](C)(C)C)=CC[C@H]1O[Si](C)(C)C. The molecular weight excluding hydrogens is 348 g/mol. The highest BCUT2D eigenvalue weighted by atomic mass is 28.4. The van der Waals surface area contributed by atoms with E-state index in [1.165, 1.54) is 0 Å². The molecule has 0 aromatic rings. The minimum absolute atomic E-state index is 0.0944. The van der Waals surface area contributed by atoms with Crippen molar-refractivity contribution in [2.75, 3.05) is 0 Å². The molecule has 1 aliphatic carbocycles. The van der Waals surface area contributed by atoms with E-state index in [0.717, 1.165) is 12.2 Å². The third-order valence-corrected chi connectivity index (χ3v) is 6.66. The van der Waals surface area contributed by atoms with E-state index in [1.54, 1.807) is 0 Å². The Labute approximate surface area is 152 Å².